The average molecular weight is 368 g/mol. The lowest BCUT2D eigenvalue weighted by Gasteiger charge is -2.34. The number of carbonyl (C=O) groups is 2. The second kappa shape index (κ2) is 9.14. The van der Waals surface area contributed by atoms with Gasteiger partial charge in [0.05, 0.1) is 0 Å². The van der Waals surface area contributed by atoms with Crippen molar-refractivity contribution in [3.63, 3.8) is 0 Å². The zero-order valence-electron chi connectivity index (χ0n) is 15.4. The van der Waals surface area contributed by atoms with Gasteiger partial charge < -0.3 is 14.7 Å². The van der Waals surface area contributed by atoms with E-state index in [4.69, 9.17) is 4.52 Å². The van der Waals surface area contributed by atoms with Gasteiger partial charge in [-0.1, -0.05) is 35.5 Å². The summed E-state index contributed by atoms with van der Waals surface area (Å²) in [6.45, 7) is 5.95. The molecule has 2 heterocycles. The van der Waals surface area contributed by atoms with Gasteiger partial charge in [0.15, 0.2) is 5.69 Å². The van der Waals surface area contributed by atoms with Crippen molar-refractivity contribution >= 4 is 17.9 Å². The van der Waals surface area contributed by atoms with Crippen LogP contribution in [0.1, 0.15) is 21.8 Å². The molecule has 7 nitrogen and oxygen atoms in total. The van der Waals surface area contributed by atoms with Crippen molar-refractivity contribution in [3.05, 3.63) is 59.5 Å². The van der Waals surface area contributed by atoms with Crippen molar-refractivity contribution in [2.45, 2.75) is 6.92 Å². The van der Waals surface area contributed by atoms with Gasteiger partial charge >= 0.3 is 0 Å². The zero-order valence-corrected chi connectivity index (χ0v) is 15.4. The number of hydrogen-bond donors (Lipinski definition) is 1. The second-order valence-electron chi connectivity index (χ2n) is 6.49. The Morgan fingerprint density at radius 2 is 1.93 bits per heavy atom. The first-order chi connectivity index (χ1) is 13.1. The molecule has 27 heavy (non-hydrogen) atoms. The number of nitrogens with zero attached hydrogens (tertiary/aromatic N) is 3. The molecule has 0 aliphatic carbocycles. The average Bonchev–Trinajstić information content (AvgIpc) is 3.13. The Morgan fingerprint density at radius 3 is 2.59 bits per heavy atom. The highest BCUT2D eigenvalue weighted by Crippen LogP contribution is 2.09. The van der Waals surface area contributed by atoms with Crippen molar-refractivity contribution in [1.29, 1.82) is 0 Å². The molecule has 0 bridgehead atoms. The predicted octanol–water partition coefficient (Wildman–Crippen LogP) is 1.57. The molecule has 1 saturated heterocycles. The number of aromatic nitrogens is 1. The molecule has 0 saturated carbocycles. The Balaban J connectivity index is 1.35. The molecular formula is C20H24N4O3. The van der Waals surface area contributed by atoms with Crippen LogP contribution >= 0.6 is 0 Å². The van der Waals surface area contributed by atoms with Gasteiger partial charge in [-0.2, -0.15) is 0 Å². The molecule has 0 unspecified atom stereocenters. The molecule has 2 amide bonds. The normalized spacial score (nSPS) is 15.2. The highest BCUT2D eigenvalue weighted by atomic mass is 16.5. The van der Waals surface area contributed by atoms with E-state index in [0.29, 0.717) is 31.1 Å². The third kappa shape index (κ3) is 5.52. The summed E-state index contributed by atoms with van der Waals surface area (Å²) in [7, 11) is 0. The van der Waals surface area contributed by atoms with E-state index in [1.165, 1.54) is 0 Å². The lowest BCUT2D eigenvalue weighted by atomic mass is 10.2. The summed E-state index contributed by atoms with van der Waals surface area (Å²) in [5, 5.41) is 6.68. The number of nitrogens with one attached hydrogen (secondary N) is 1. The number of aryl methyl sites for hydroxylation is 1. The van der Waals surface area contributed by atoms with Crippen LogP contribution in [0.2, 0.25) is 0 Å². The molecule has 0 spiro atoms. The summed E-state index contributed by atoms with van der Waals surface area (Å²) in [5.74, 6) is 0.439. The number of piperazine rings is 1. The summed E-state index contributed by atoms with van der Waals surface area (Å²) < 4.78 is 4.97. The quantitative estimate of drug-likeness (QED) is 0.783. The predicted molar refractivity (Wildman–Crippen MR) is 102 cm³/mol. The molecule has 3 rings (SSSR count). The van der Waals surface area contributed by atoms with Crippen LogP contribution in [-0.2, 0) is 4.79 Å². The van der Waals surface area contributed by atoms with Crippen molar-refractivity contribution in [1.82, 2.24) is 20.3 Å². The molecular weight excluding hydrogens is 344 g/mol. The van der Waals surface area contributed by atoms with Gasteiger partial charge in [0, 0.05) is 51.4 Å². The van der Waals surface area contributed by atoms with Crippen molar-refractivity contribution in [2.24, 2.45) is 0 Å². The van der Waals surface area contributed by atoms with Gasteiger partial charge in [-0.15, -0.1) is 0 Å². The Kier molecular flexibility index (Phi) is 6.38. The van der Waals surface area contributed by atoms with Crippen LogP contribution < -0.4 is 5.32 Å². The van der Waals surface area contributed by atoms with Crippen LogP contribution in [0.25, 0.3) is 6.08 Å². The topological polar surface area (TPSA) is 78.7 Å². The molecule has 1 aromatic carbocycles. The molecule has 0 radical (unpaired) electrons. The van der Waals surface area contributed by atoms with Crippen LogP contribution in [0.4, 0.5) is 0 Å². The molecule has 7 heteroatoms. The minimum atomic E-state index is -0.103. The van der Waals surface area contributed by atoms with E-state index in [1.54, 1.807) is 30.0 Å². The van der Waals surface area contributed by atoms with Gasteiger partial charge in [0.25, 0.3) is 5.91 Å². The molecule has 1 aliphatic heterocycles. The third-order valence-electron chi connectivity index (χ3n) is 4.46. The highest BCUT2D eigenvalue weighted by molar-refractivity contribution is 5.92. The molecule has 1 fully saturated rings. The standard InChI is InChI=1S/C20H24N4O3/c1-16-15-18(22-27-16)20(26)24-13-11-23(12-14-24)10-9-21-19(25)8-7-17-5-3-2-4-6-17/h2-8,15H,9-14H2,1H3,(H,21,25)/b8-7+. The number of rotatable bonds is 6. The van der Waals surface area contributed by atoms with Crippen molar-refractivity contribution in [3.8, 4) is 0 Å². The summed E-state index contributed by atoms with van der Waals surface area (Å²) >= 11 is 0. The molecule has 0 atom stereocenters. The lowest BCUT2D eigenvalue weighted by Crippen LogP contribution is -2.50. The van der Waals surface area contributed by atoms with Gasteiger partial charge in [0.1, 0.15) is 5.76 Å². The van der Waals surface area contributed by atoms with E-state index in [0.717, 1.165) is 25.2 Å². The van der Waals surface area contributed by atoms with E-state index in [9.17, 15) is 9.59 Å². The minimum Gasteiger partial charge on any atom is -0.361 e. The number of amides is 2. The third-order valence-corrected chi connectivity index (χ3v) is 4.46. The largest absolute Gasteiger partial charge is 0.361 e. The molecule has 1 aromatic heterocycles. The van der Waals surface area contributed by atoms with Crippen LogP contribution in [0.3, 0.4) is 0 Å². The maximum absolute atomic E-state index is 12.3. The van der Waals surface area contributed by atoms with Crippen molar-refractivity contribution in [2.75, 3.05) is 39.3 Å². The SMILES string of the molecule is Cc1cc(C(=O)N2CCN(CCNC(=O)/C=C/c3ccccc3)CC2)no1. The lowest BCUT2D eigenvalue weighted by molar-refractivity contribution is -0.116. The minimum absolute atomic E-state index is 0.0918. The van der Waals surface area contributed by atoms with Crippen LogP contribution in [-0.4, -0.2) is 66.0 Å². The Bertz CT molecular complexity index is 793. The molecule has 1 aliphatic rings. The Hall–Kier alpha value is -2.93. The van der Waals surface area contributed by atoms with E-state index < -0.39 is 0 Å². The number of carbonyl (C=O) groups excluding carboxylic acids is 2. The Labute approximate surface area is 158 Å². The first-order valence-corrected chi connectivity index (χ1v) is 9.08. The van der Waals surface area contributed by atoms with Gasteiger partial charge in [-0.25, -0.2) is 0 Å². The first-order valence-electron chi connectivity index (χ1n) is 9.08. The van der Waals surface area contributed by atoms with Crippen molar-refractivity contribution < 1.29 is 14.1 Å². The summed E-state index contributed by atoms with van der Waals surface area (Å²) in [4.78, 5) is 28.2. The van der Waals surface area contributed by atoms with Gasteiger partial charge in [-0.3, -0.25) is 14.5 Å². The zero-order chi connectivity index (χ0) is 19.1. The van der Waals surface area contributed by atoms with E-state index >= 15 is 0 Å². The molecule has 2 aromatic rings. The highest BCUT2D eigenvalue weighted by Gasteiger charge is 2.23. The van der Waals surface area contributed by atoms with Crippen LogP contribution in [0.5, 0.6) is 0 Å². The first kappa shape index (κ1) is 18.8. The molecule has 1 N–H and O–H groups in total. The summed E-state index contributed by atoms with van der Waals surface area (Å²) in [6.07, 6.45) is 3.34. The van der Waals surface area contributed by atoms with E-state index in [1.807, 2.05) is 30.3 Å². The van der Waals surface area contributed by atoms with E-state index in [2.05, 4.69) is 15.4 Å². The fourth-order valence-corrected chi connectivity index (χ4v) is 2.94. The maximum Gasteiger partial charge on any atom is 0.276 e. The summed E-state index contributed by atoms with van der Waals surface area (Å²) in [5.41, 5.74) is 1.36. The van der Waals surface area contributed by atoms with Crippen LogP contribution in [0, 0.1) is 6.92 Å². The smallest absolute Gasteiger partial charge is 0.276 e. The second-order valence-corrected chi connectivity index (χ2v) is 6.49. The summed E-state index contributed by atoms with van der Waals surface area (Å²) in [6, 6.07) is 11.4. The van der Waals surface area contributed by atoms with E-state index in [-0.39, 0.29) is 11.8 Å². The monoisotopic (exact) mass is 368 g/mol. The maximum atomic E-state index is 12.3. The molecule has 142 valence electrons. The fraction of sp³-hybridized carbons (Fsp3) is 0.350. The fourth-order valence-electron chi connectivity index (χ4n) is 2.94. The number of benzene rings is 1. The number of hydrogen-bond acceptors (Lipinski definition) is 5. The van der Waals surface area contributed by atoms with Gasteiger partial charge in [-0.05, 0) is 18.6 Å². The van der Waals surface area contributed by atoms with Crippen LogP contribution in [0.15, 0.2) is 47.0 Å². The van der Waals surface area contributed by atoms with Gasteiger partial charge in [0.2, 0.25) is 5.91 Å². The Morgan fingerprint density at radius 1 is 1.19 bits per heavy atom.